The van der Waals surface area contributed by atoms with Crippen LogP contribution < -0.4 is 5.32 Å². The Morgan fingerprint density at radius 2 is 2.00 bits per heavy atom. The molecule has 3 N–H and O–H groups in total. The van der Waals surface area contributed by atoms with Crippen LogP contribution in [-0.4, -0.2) is 28.3 Å². The Hall–Kier alpha value is -0.0900. The Bertz CT molecular complexity index is 447. The topological polar surface area (TPSA) is 69.6 Å². The molecule has 0 heterocycles. The van der Waals surface area contributed by atoms with Crippen LogP contribution in [0.1, 0.15) is 24.2 Å². The van der Waals surface area contributed by atoms with E-state index in [4.69, 9.17) is 5.11 Å². The smallest absolute Gasteiger partial charge is 0.255 e. The number of hydrogen-bond acceptors (Lipinski definition) is 3. The van der Waals surface area contributed by atoms with Gasteiger partial charge in [-0.25, -0.2) is 0 Å². The van der Waals surface area contributed by atoms with E-state index in [1.165, 1.54) is 0 Å². The predicted octanol–water partition coefficient (Wildman–Crippen LogP) is 2.10. The molecule has 0 aliphatic heterocycles. The van der Waals surface area contributed by atoms with E-state index in [0.29, 0.717) is 3.57 Å². The number of benzene rings is 1. The largest absolute Gasteiger partial charge is 0.506 e. The molecular formula is C11H13I2NO3. The highest BCUT2D eigenvalue weighted by atomic mass is 127. The number of aliphatic hydroxyl groups is 1. The summed E-state index contributed by atoms with van der Waals surface area (Å²) in [5.41, 5.74) is -0.487. The molecule has 0 aromatic heterocycles. The number of amides is 1. The van der Waals surface area contributed by atoms with Crippen LogP contribution in [0.15, 0.2) is 12.1 Å². The van der Waals surface area contributed by atoms with Crippen LogP contribution in [0.5, 0.6) is 5.75 Å². The Morgan fingerprint density at radius 3 is 2.53 bits per heavy atom. The molecule has 94 valence electrons. The number of rotatable bonds is 3. The quantitative estimate of drug-likeness (QED) is 0.605. The first-order valence-electron chi connectivity index (χ1n) is 4.88. The van der Waals surface area contributed by atoms with Gasteiger partial charge in [-0.2, -0.15) is 0 Å². The second-order valence-electron chi connectivity index (χ2n) is 4.28. The molecule has 4 nitrogen and oxygen atoms in total. The van der Waals surface area contributed by atoms with Crippen molar-refractivity contribution in [2.75, 3.05) is 6.61 Å². The van der Waals surface area contributed by atoms with E-state index in [-0.39, 0.29) is 17.9 Å². The van der Waals surface area contributed by atoms with Crippen molar-refractivity contribution in [1.82, 2.24) is 5.32 Å². The molecule has 0 fully saturated rings. The predicted molar refractivity (Wildman–Crippen MR) is 82.2 cm³/mol. The fourth-order valence-electron chi connectivity index (χ4n) is 1.15. The molecule has 1 aromatic rings. The van der Waals surface area contributed by atoms with E-state index in [1.54, 1.807) is 26.0 Å². The highest BCUT2D eigenvalue weighted by molar-refractivity contribution is 14.1. The average Bonchev–Trinajstić information content (AvgIpc) is 2.22. The van der Waals surface area contributed by atoms with E-state index < -0.39 is 11.4 Å². The summed E-state index contributed by atoms with van der Waals surface area (Å²) in [4.78, 5) is 12.0. The van der Waals surface area contributed by atoms with Gasteiger partial charge in [0.15, 0.2) is 0 Å². The normalized spacial score (nSPS) is 11.4. The van der Waals surface area contributed by atoms with Crippen LogP contribution in [0.3, 0.4) is 0 Å². The average molecular weight is 461 g/mol. The maximum Gasteiger partial charge on any atom is 0.255 e. The number of aliphatic hydroxyl groups excluding tert-OH is 1. The molecule has 0 atom stereocenters. The molecular weight excluding hydrogens is 448 g/mol. The van der Waals surface area contributed by atoms with Crippen molar-refractivity contribution in [3.63, 3.8) is 0 Å². The lowest BCUT2D eigenvalue weighted by molar-refractivity contribution is 0.0866. The second kappa shape index (κ2) is 5.70. The minimum absolute atomic E-state index is 0.0303. The first-order chi connectivity index (χ1) is 7.76. The van der Waals surface area contributed by atoms with Gasteiger partial charge in [-0.15, -0.1) is 0 Å². The number of hydrogen-bond donors (Lipinski definition) is 3. The lowest BCUT2D eigenvalue weighted by Gasteiger charge is -2.23. The molecule has 6 heteroatoms. The van der Waals surface area contributed by atoms with Gasteiger partial charge in [-0.1, -0.05) is 0 Å². The summed E-state index contributed by atoms with van der Waals surface area (Å²) in [6.07, 6.45) is 0. The summed E-state index contributed by atoms with van der Waals surface area (Å²) in [6, 6.07) is 3.39. The number of nitrogens with one attached hydrogen (secondary N) is 1. The Morgan fingerprint density at radius 1 is 1.41 bits per heavy atom. The monoisotopic (exact) mass is 461 g/mol. The van der Waals surface area contributed by atoms with Crippen molar-refractivity contribution < 1.29 is 15.0 Å². The molecule has 0 saturated heterocycles. The van der Waals surface area contributed by atoms with Gasteiger partial charge in [0.2, 0.25) is 0 Å². The number of carbonyl (C=O) groups is 1. The van der Waals surface area contributed by atoms with E-state index in [9.17, 15) is 9.90 Å². The highest BCUT2D eigenvalue weighted by Gasteiger charge is 2.22. The van der Waals surface area contributed by atoms with Crippen molar-refractivity contribution in [1.29, 1.82) is 0 Å². The Balaban J connectivity index is 3.05. The number of phenolic OH excluding ortho intramolecular Hbond substituents is 1. The molecule has 0 radical (unpaired) electrons. The summed E-state index contributed by atoms with van der Waals surface area (Å²) in [5, 5.41) is 21.6. The van der Waals surface area contributed by atoms with Crippen LogP contribution in [0.4, 0.5) is 0 Å². The molecule has 1 rings (SSSR count). The third-order valence-corrected chi connectivity index (χ3v) is 3.57. The molecule has 0 aliphatic rings. The molecule has 17 heavy (non-hydrogen) atoms. The molecule has 0 spiro atoms. The van der Waals surface area contributed by atoms with Gasteiger partial charge in [-0.3, -0.25) is 4.79 Å². The molecule has 0 unspecified atom stereocenters. The lowest BCUT2D eigenvalue weighted by atomic mass is 10.1. The van der Waals surface area contributed by atoms with E-state index >= 15 is 0 Å². The summed E-state index contributed by atoms with van der Waals surface area (Å²) in [5.74, 6) is -0.421. The molecule has 0 aliphatic carbocycles. The van der Waals surface area contributed by atoms with Crippen LogP contribution in [-0.2, 0) is 0 Å². The van der Waals surface area contributed by atoms with Crippen LogP contribution in [0.25, 0.3) is 0 Å². The summed E-state index contributed by atoms with van der Waals surface area (Å²) in [7, 11) is 0. The Kier molecular flexibility index (Phi) is 5.02. The number of phenols is 1. The summed E-state index contributed by atoms with van der Waals surface area (Å²) >= 11 is 4.05. The molecule has 0 bridgehead atoms. The van der Waals surface area contributed by atoms with Crippen molar-refractivity contribution in [2.24, 2.45) is 0 Å². The Labute approximate surface area is 127 Å². The SMILES string of the molecule is CC(C)(CO)NC(=O)c1cc(I)cc(I)c1O. The first kappa shape index (κ1) is 15.0. The van der Waals surface area contributed by atoms with Gasteiger partial charge in [0, 0.05) is 3.57 Å². The molecule has 0 saturated carbocycles. The zero-order valence-corrected chi connectivity index (χ0v) is 13.7. The van der Waals surface area contributed by atoms with Crippen molar-refractivity contribution >= 4 is 51.1 Å². The molecule has 1 aromatic carbocycles. The molecule has 1 amide bonds. The van der Waals surface area contributed by atoms with Gasteiger partial charge in [0.25, 0.3) is 5.91 Å². The number of halogens is 2. The van der Waals surface area contributed by atoms with E-state index in [2.05, 4.69) is 27.9 Å². The number of carbonyl (C=O) groups excluding carboxylic acids is 1. The van der Waals surface area contributed by atoms with Crippen molar-refractivity contribution in [3.05, 3.63) is 24.8 Å². The van der Waals surface area contributed by atoms with Gasteiger partial charge in [0.05, 0.1) is 21.3 Å². The first-order valence-corrected chi connectivity index (χ1v) is 7.04. The second-order valence-corrected chi connectivity index (χ2v) is 6.69. The van der Waals surface area contributed by atoms with Crippen LogP contribution in [0, 0.1) is 7.14 Å². The van der Waals surface area contributed by atoms with Crippen molar-refractivity contribution in [3.8, 4) is 5.75 Å². The summed E-state index contributed by atoms with van der Waals surface area (Å²) < 4.78 is 1.50. The van der Waals surface area contributed by atoms with Gasteiger partial charge < -0.3 is 15.5 Å². The number of aromatic hydroxyl groups is 1. The van der Waals surface area contributed by atoms with E-state index in [0.717, 1.165) is 3.57 Å². The third kappa shape index (κ3) is 3.95. The lowest BCUT2D eigenvalue weighted by Crippen LogP contribution is -2.46. The maximum atomic E-state index is 12.0. The third-order valence-electron chi connectivity index (χ3n) is 2.12. The van der Waals surface area contributed by atoms with E-state index in [1.807, 2.05) is 22.6 Å². The van der Waals surface area contributed by atoms with Gasteiger partial charge >= 0.3 is 0 Å². The van der Waals surface area contributed by atoms with Crippen LogP contribution >= 0.6 is 45.2 Å². The van der Waals surface area contributed by atoms with Crippen LogP contribution in [0.2, 0.25) is 0 Å². The fourth-order valence-corrected chi connectivity index (χ4v) is 3.00. The minimum atomic E-state index is -0.712. The summed E-state index contributed by atoms with van der Waals surface area (Å²) in [6.45, 7) is 3.25. The highest BCUT2D eigenvalue weighted by Crippen LogP contribution is 2.27. The van der Waals surface area contributed by atoms with Gasteiger partial charge in [-0.05, 0) is 71.2 Å². The minimum Gasteiger partial charge on any atom is -0.506 e. The van der Waals surface area contributed by atoms with Crippen molar-refractivity contribution in [2.45, 2.75) is 19.4 Å². The zero-order valence-electron chi connectivity index (χ0n) is 9.42. The van der Waals surface area contributed by atoms with Gasteiger partial charge in [0.1, 0.15) is 5.75 Å². The maximum absolute atomic E-state index is 12.0. The fraction of sp³-hybridized carbons (Fsp3) is 0.364. The standard InChI is InChI=1S/C11H13I2NO3/c1-11(2,5-15)14-10(17)7-3-6(12)4-8(13)9(7)16/h3-4,15-16H,5H2,1-2H3,(H,14,17). The zero-order chi connectivity index (χ0) is 13.2.